The van der Waals surface area contributed by atoms with Crippen LogP contribution in [0.1, 0.15) is 20.8 Å². The van der Waals surface area contributed by atoms with E-state index in [-0.39, 0.29) is 18.4 Å². The topological polar surface area (TPSA) is 46.6 Å². The number of amides is 1. The lowest BCUT2D eigenvalue weighted by Gasteiger charge is -2.19. The van der Waals surface area contributed by atoms with Crippen molar-refractivity contribution < 1.29 is 14.3 Å². The van der Waals surface area contributed by atoms with Crippen molar-refractivity contribution in [2.45, 2.75) is 26.0 Å². The summed E-state index contributed by atoms with van der Waals surface area (Å²) in [6, 6.07) is 0. The van der Waals surface area contributed by atoms with Gasteiger partial charge in [0.15, 0.2) is 0 Å². The van der Waals surface area contributed by atoms with E-state index in [0.717, 1.165) is 0 Å². The molecular formula is C10H19NO3S. The molecule has 1 amide bonds. The number of thioether (sulfide) groups is 1. The summed E-state index contributed by atoms with van der Waals surface area (Å²) in [5, 5.41) is 0.422. The van der Waals surface area contributed by atoms with Crippen LogP contribution in [0, 0.1) is 0 Å². The summed E-state index contributed by atoms with van der Waals surface area (Å²) in [7, 11) is 1.32. The van der Waals surface area contributed by atoms with Crippen molar-refractivity contribution in [1.82, 2.24) is 4.90 Å². The fraction of sp³-hybridized carbons (Fsp3) is 0.800. The molecule has 0 aliphatic heterocycles. The number of carbonyl (C=O) groups is 2. The molecule has 0 unspecified atom stereocenters. The Hall–Kier alpha value is -0.710. The number of hydrogen-bond acceptors (Lipinski definition) is 4. The Labute approximate surface area is 95.3 Å². The van der Waals surface area contributed by atoms with Gasteiger partial charge in [-0.1, -0.05) is 13.8 Å². The van der Waals surface area contributed by atoms with Crippen molar-refractivity contribution in [3.8, 4) is 0 Å². The van der Waals surface area contributed by atoms with Gasteiger partial charge in [-0.25, -0.2) is 0 Å². The first kappa shape index (κ1) is 14.3. The Balaban J connectivity index is 4.04. The van der Waals surface area contributed by atoms with Crippen molar-refractivity contribution in [3.63, 3.8) is 0 Å². The van der Waals surface area contributed by atoms with Crippen LogP contribution in [0.2, 0.25) is 0 Å². The third-order valence-corrected chi connectivity index (χ3v) is 2.90. The Bertz CT molecular complexity index is 219. The smallest absolute Gasteiger partial charge is 0.325 e. The average Bonchev–Trinajstić information content (AvgIpc) is 2.21. The fourth-order valence-electron chi connectivity index (χ4n) is 0.926. The van der Waals surface area contributed by atoms with Gasteiger partial charge in [0.1, 0.15) is 6.54 Å². The maximum atomic E-state index is 11.6. The highest BCUT2D eigenvalue weighted by atomic mass is 32.2. The van der Waals surface area contributed by atoms with Crippen molar-refractivity contribution in [3.05, 3.63) is 0 Å². The van der Waals surface area contributed by atoms with Gasteiger partial charge >= 0.3 is 5.97 Å². The molecule has 0 fully saturated rings. The number of rotatable bonds is 6. The third kappa shape index (κ3) is 6.38. The minimum atomic E-state index is -0.375. The molecule has 4 nitrogen and oxygen atoms in total. The second-order valence-electron chi connectivity index (χ2n) is 3.34. The van der Waals surface area contributed by atoms with Crippen LogP contribution >= 0.6 is 11.8 Å². The number of carbonyl (C=O) groups excluding carboxylic acids is 2. The predicted octanol–water partition coefficient (Wildman–Crippen LogP) is 1.15. The number of nitrogens with zero attached hydrogens (tertiary/aromatic N) is 1. The molecule has 0 spiro atoms. The lowest BCUT2D eigenvalue weighted by molar-refractivity contribution is -0.146. The summed E-state index contributed by atoms with van der Waals surface area (Å²) in [6.45, 7) is 6.50. The van der Waals surface area contributed by atoms with Gasteiger partial charge in [0, 0.05) is 6.54 Å². The summed E-state index contributed by atoms with van der Waals surface area (Å²) in [5.74, 6) is 0.0315. The summed E-state index contributed by atoms with van der Waals surface area (Å²) >= 11 is 1.57. The lowest BCUT2D eigenvalue weighted by Crippen LogP contribution is -2.37. The van der Waals surface area contributed by atoms with Crippen LogP contribution < -0.4 is 0 Å². The van der Waals surface area contributed by atoms with E-state index in [0.29, 0.717) is 17.5 Å². The van der Waals surface area contributed by atoms with E-state index in [1.54, 1.807) is 11.8 Å². The highest BCUT2D eigenvalue weighted by Crippen LogP contribution is 2.09. The van der Waals surface area contributed by atoms with Gasteiger partial charge in [-0.2, -0.15) is 0 Å². The minimum Gasteiger partial charge on any atom is -0.468 e. The number of methoxy groups -OCH3 is 1. The van der Waals surface area contributed by atoms with Crippen molar-refractivity contribution in [1.29, 1.82) is 0 Å². The normalized spacial score (nSPS) is 10.2. The zero-order valence-electron chi connectivity index (χ0n) is 9.78. The molecule has 0 aromatic carbocycles. The predicted molar refractivity (Wildman–Crippen MR) is 61.9 cm³/mol. The Morgan fingerprint density at radius 3 is 2.40 bits per heavy atom. The molecular weight excluding hydrogens is 214 g/mol. The summed E-state index contributed by atoms with van der Waals surface area (Å²) in [6.07, 6.45) is 0. The molecule has 0 heterocycles. The molecule has 15 heavy (non-hydrogen) atoms. The van der Waals surface area contributed by atoms with E-state index in [1.165, 1.54) is 12.0 Å². The summed E-state index contributed by atoms with van der Waals surface area (Å²) in [4.78, 5) is 24.1. The second kappa shape index (κ2) is 7.56. The molecule has 0 saturated carbocycles. The number of likely N-dealkylation sites (N-methyl/N-ethyl adjacent to an activating group) is 1. The van der Waals surface area contributed by atoms with Crippen molar-refractivity contribution in [2.24, 2.45) is 0 Å². The monoisotopic (exact) mass is 233 g/mol. The summed E-state index contributed by atoms with van der Waals surface area (Å²) in [5.41, 5.74) is 0. The van der Waals surface area contributed by atoms with Crippen molar-refractivity contribution >= 4 is 23.6 Å². The molecule has 5 heteroatoms. The summed E-state index contributed by atoms with van der Waals surface area (Å²) < 4.78 is 4.52. The molecule has 0 rings (SSSR count). The maximum Gasteiger partial charge on any atom is 0.325 e. The number of hydrogen-bond donors (Lipinski definition) is 0. The SMILES string of the molecule is CCN(CC(=O)OC)C(=O)CSC(C)C. The first-order valence-corrected chi connectivity index (χ1v) is 6.02. The highest BCUT2D eigenvalue weighted by Gasteiger charge is 2.15. The fourth-order valence-corrected chi connectivity index (χ4v) is 1.58. The lowest BCUT2D eigenvalue weighted by atomic mass is 10.4. The van der Waals surface area contributed by atoms with Crippen LogP contribution in [0.5, 0.6) is 0 Å². The maximum absolute atomic E-state index is 11.6. The van der Waals surface area contributed by atoms with Gasteiger partial charge in [0.25, 0.3) is 0 Å². The molecule has 88 valence electrons. The quantitative estimate of drug-likeness (QED) is 0.646. The van der Waals surface area contributed by atoms with Crippen molar-refractivity contribution in [2.75, 3.05) is 26.0 Å². The molecule has 0 aliphatic carbocycles. The van der Waals surface area contributed by atoms with Crippen LogP contribution in [-0.4, -0.2) is 48.0 Å². The zero-order valence-corrected chi connectivity index (χ0v) is 10.6. The molecule has 0 radical (unpaired) electrons. The minimum absolute atomic E-state index is 0.0124. The first-order chi connectivity index (χ1) is 7.01. The van der Waals surface area contributed by atoms with E-state index in [9.17, 15) is 9.59 Å². The highest BCUT2D eigenvalue weighted by molar-refractivity contribution is 8.00. The van der Waals surface area contributed by atoms with E-state index >= 15 is 0 Å². The number of esters is 1. The average molecular weight is 233 g/mol. The van der Waals surface area contributed by atoms with Gasteiger partial charge < -0.3 is 9.64 Å². The van der Waals surface area contributed by atoms with Gasteiger partial charge in [0.05, 0.1) is 12.9 Å². The van der Waals surface area contributed by atoms with Crippen LogP contribution in [0.25, 0.3) is 0 Å². The first-order valence-electron chi connectivity index (χ1n) is 4.97. The molecule has 0 aromatic rings. The molecule has 0 atom stereocenters. The Kier molecular flexibility index (Phi) is 7.21. The van der Waals surface area contributed by atoms with Crippen LogP contribution in [-0.2, 0) is 14.3 Å². The number of ether oxygens (including phenoxy) is 1. The van der Waals surface area contributed by atoms with E-state index in [4.69, 9.17) is 0 Å². The van der Waals surface area contributed by atoms with Gasteiger partial charge in [0.2, 0.25) is 5.91 Å². The van der Waals surface area contributed by atoms with Gasteiger partial charge in [-0.15, -0.1) is 11.8 Å². The van der Waals surface area contributed by atoms with E-state index in [2.05, 4.69) is 4.74 Å². The molecule has 0 saturated heterocycles. The zero-order chi connectivity index (χ0) is 11.8. The van der Waals surface area contributed by atoms with E-state index < -0.39 is 0 Å². The molecule has 0 bridgehead atoms. The molecule has 0 aliphatic rings. The van der Waals surface area contributed by atoms with E-state index in [1.807, 2.05) is 20.8 Å². The van der Waals surface area contributed by atoms with Crippen LogP contribution in [0.4, 0.5) is 0 Å². The van der Waals surface area contributed by atoms with Crippen LogP contribution in [0.3, 0.4) is 0 Å². The second-order valence-corrected chi connectivity index (χ2v) is 4.91. The third-order valence-electron chi connectivity index (χ3n) is 1.82. The molecule has 0 aromatic heterocycles. The Morgan fingerprint density at radius 1 is 1.40 bits per heavy atom. The van der Waals surface area contributed by atoms with Gasteiger partial charge in [-0.05, 0) is 12.2 Å². The van der Waals surface area contributed by atoms with Gasteiger partial charge in [-0.3, -0.25) is 9.59 Å². The molecule has 0 N–H and O–H groups in total. The largest absolute Gasteiger partial charge is 0.468 e. The Morgan fingerprint density at radius 2 is 2.00 bits per heavy atom. The standard InChI is InChI=1S/C10H19NO3S/c1-5-11(6-10(13)14-4)9(12)7-15-8(2)3/h8H,5-7H2,1-4H3. The van der Waals surface area contributed by atoms with Crippen LogP contribution in [0.15, 0.2) is 0 Å².